The van der Waals surface area contributed by atoms with Gasteiger partial charge in [-0.05, 0) is 44.2 Å². The normalized spacial score (nSPS) is 18.0. The van der Waals surface area contributed by atoms with E-state index in [1.165, 1.54) is 0 Å². The molecule has 2 bridgehead atoms. The van der Waals surface area contributed by atoms with Gasteiger partial charge >= 0.3 is 5.69 Å². The maximum atomic E-state index is 13.2. The summed E-state index contributed by atoms with van der Waals surface area (Å²) in [6.07, 6.45) is 7.88. The van der Waals surface area contributed by atoms with Crippen LogP contribution in [0.2, 0.25) is 0 Å². The van der Waals surface area contributed by atoms with Crippen molar-refractivity contribution in [1.29, 1.82) is 0 Å². The van der Waals surface area contributed by atoms with Gasteiger partial charge in [-0.1, -0.05) is 12.1 Å². The molecule has 2 aliphatic heterocycles. The number of carbonyl (C=O) groups is 3. The second kappa shape index (κ2) is 16.2. The van der Waals surface area contributed by atoms with E-state index in [4.69, 9.17) is 19.4 Å². The molecule has 14 nitrogen and oxygen atoms in total. The van der Waals surface area contributed by atoms with Crippen LogP contribution in [0.15, 0.2) is 41.5 Å². The molecule has 3 aromatic rings. The minimum atomic E-state index is -0.386. The topological polar surface area (TPSA) is 176 Å². The Kier molecular flexibility index (Phi) is 11.9. The molecule has 0 aliphatic carbocycles. The predicted octanol–water partition coefficient (Wildman–Crippen LogP) is 1.69. The standard InChI is InChI=1S/C28H37N7O5.CH2O2/c36-25(10-9-24-30-28(38)32-31-24)33-12-1-2-13-35(27(37)23-8-4-18-40-23)17-19-39-22-7-3-6-21(20-22)26-29-11-16-34(26)15-5-14-33;2-1-3/h3,6-7,11,16,20,23H,1-2,4-5,8-10,12-15,17-19H2,(H2,30,31,32,38);1H,(H,2,3)/t23-;/m1./s1. The second-order valence-corrected chi connectivity index (χ2v) is 10.3. The van der Waals surface area contributed by atoms with Crippen LogP contribution >= 0.6 is 0 Å². The molecule has 1 aromatic carbocycles. The number of amides is 2. The zero-order valence-electron chi connectivity index (χ0n) is 24.2. The Bertz CT molecular complexity index is 1380. The first-order valence-corrected chi connectivity index (χ1v) is 14.6. The molecular weight excluding hydrogens is 558 g/mol. The van der Waals surface area contributed by atoms with Crippen LogP contribution in [0.1, 0.15) is 44.3 Å². The van der Waals surface area contributed by atoms with Gasteiger partial charge < -0.3 is 28.9 Å². The number of benzene rings is 1. The highest BCUT2D eigenvalue weighted by Crippen LogP contribution is 2.23. The van der Waals surface area contributed by atoms with Gasteiger partial charge in [0.2, 0.25) is 5.91 Å². The van der Waals surface area contributed by atoms with Gasteiger partial charge in [-0.15, -0.1) is 0 Å². The average molecular weight is 598 g/mol. The average Bonchev–Trinajstić information content (AvgIpc) is 3.79. The first kappa shape index (κ1) is 31.5. The Labute approximate surface area is 249 Å². The van der Waals surface area contributed by atoms with Crippen molar-refractivity contribution in [3.63, 3.8) is 0 Å². The third-order valence-corrected chi connectivity index (χ3v) is 7.37. The van der Waals surface area contributed by atoms with Crippen LogP contribution in [0.25, 0.3) is 11.4 Å². The van der Waals surface area contributed by atoms with Crippen molar-refractivity contribution in [2.24, 2.45) is 0 Å². The van der Waals surface area contributed by atoms with Crippen molar-refractivity contribution >= 4 is 18.3 Å². The highest BCUT2D eigenvalue weighted by atomic mass is 16.5. The number of ether oxygens (including phenoxy) is 2. The number of hydrogen-bond donors (Lipinski definition) is 3. The summed E-state index contributed by atoms with van der Waals surface area (Å²) in [5, 5.41) is 13.1. The summed E-state index contributed by atoms with van der Waals surface area (Å²) in [6.45, 7) is 3.67. The molecule has 0 unspecified atom stereocenters. The fourth-order valence-electron chi connectivity index (χ4n) is 5.26. The molecule has 2 aromatic heterocycles. The summed E-state index contributed by atoms with van der Waals surface area (Å²) in [5.74, 6) is 2.07. The van der Waals surface area contributed by atoms with Gasteiger partial charge in [-0.2, -0.15) is 5.10 Å². The Morgan fingerprint density at radius 2 is 1.84 bits per heavy atom. The molecule has 3 N–H and O–H groups in total. The molecule has 14 heteroatoms. The number of nitrogens with one attached hydrogen (secondary N) is 2. The lowest BCUT2D eigenvalue weighted by Gasteiger charge is -2.27. The highest BCUT2D eigenvalue weighted by Gasteiger charge is 2.28. The molecule has 1 fully saturated rings. The van der Waals surface area contributed by atoms with Gasteiger partial charge in [0, 0.05) is 63.6 Å². The van der Waals surface area contributed by atoms with E-state index < -0.39 is 0 Å². The number of aryl methyl sites for hydroxylation is 2. The van der Waals surface area contributed by atoms with Crippen molar-refractivity contribution in [1.82, 2.24) is 34.5 Å². The van der Waals surface area contributed by atoms with E-state index in [1.807, 2.05) is 40.3 Å². The zero-order valence-corrected chi connectivity index (χ0v) is 24.2. The number of rotatable bonds is 4. The zero-order chi connectivity index (χ0) is 30.4. The van der Waals surface area contributed by atoms with Gasteiger partial charge in [0.15, 0.2) is 0 Å². The van der Waals surface area contributed by atoms with Crippen molar-refractivity contribution in [3.05, 3.63) is 53.0 Å². The van der Waals surface area contributed by atoms with Crippen LogP contribution in [0.4, 0.5) is 0 Å². The summed E-state index contributed by atoms with van der Waals surface area (Å²) in [7, 11) is 0. The summed E-state index contributed by atoms with van der Waals surface area (Å²) >= 11 is 0. The maximum Gasteiger partial charge on any atom is 0.340 e. The molecule has 43 heavy (non-hydrogen) atoms. The number of fused-ring (bicyclic) bond motifs is 4. The van der Waals surface area contributed by atoms with E-state index in [0.29, 0.717) is 58.2 Å². The van der Waals surface area contributed by atoms with E-state index >= 15 is 0 Å². The molecule has 0 saturated carbocycles. The fourth-order valence-corrected chi connectivity index (χ4v) is 5.26. The number of carboxylic acid groups (broad SMARTS) is 1. The highest BCUT2D eigenvalue weighted by molar-refractivity contribution is 5.81. The summed E-state index contributed by atoms with van der Waals surface area (Å²) in [4.78, 5) is 57.0. The molecule has 5 rings (SSSR count). The third kappa shape index (κ3) is 9.26. The lowest BCUT2D eigenvalue weighted by atomic mass is 10.2. The van der Waals surface area contributed by atoms with Gasteiger partial charge in [0.05, 0.1) is 6.54 Å². The van der Waals surface area contributed by atoms with Gasteiger partial charge in [-0.25, -0.2) is 14.9 Å². The minimum Gasteiger partial charge on any atom is -0.492 e. The number of aromatic amines is 2. The summed E-state index contributed by atoms with van der Waals surface area (Å²) in [6, 6.07) is 7.83. The predicted molar refractivity (Wildman–Crippen MR) is 155 cm³/mol. The molecule has 1 saturated heterocycles. The molecule has 4 heterocycles. The van der Waals surface area contributed by atoms with E-state index in [2.05, 4.69) is 24.7 Å². The van der Waals surface area contributed by atoms with E-state index in [9.17, 15) is 14.4 Å². The minimum absolute atomic E-state index is 0.00993. The van der Waals surface area contributed by atoms with Crippen molar-refractivity contribution in [3.8, 4) is 17.1 Å². The number of H-pyrrole nitrogens is 2. The molecule has 1 atom stereocenters. The van der Waals surface area contributed by atoms with Crippen molar-refractivity contribution in [2.75, 3.05) is 39.4 Å². The largest absolute Gasteiger partial charge is 0.492 e. The van der Waals surface area contributed by atoms with E-state index in [1.54, 1.807) is 6.20 Å². The quantitative estimate of drug-likeness (QED) is 0.378. The molecule has 0 radical (unpaired) electrons. The molecular formula is C29H39N7O7. The smallest absolute Gasteiger partial charge is 0.340 e. The van der Waals surface area contributed by atoms with E-state index in [-0.39, 0.29) is 36.5 Å². The Hall–Kier alpha value is -4.46. The van der Waals surface area contributed by atoms with Gasteiger partial charge in [0.25, 0.3) is 12.4 Å². The van der Waals surface area contributed by atoms with E-state index in [0.717, 1.165) is 49.2 Å². The lowest BCUT2D eigenvalue weighted by Crippen LogP contribution is -2.42. The second-order valence-electron chi connectivity index (χ2n) is 10.3. The first-order valence-electron chi connectivity index (χ1n) is 14.6. The van der Waals surface area contributed by atoms with Crippen LogP contribution < -0.4 is 10.4 Å². The number of aromatic nitrogens is 5. The van der Waals surface area contributed by atoms with Crippen LogP contribution in [0, 0.1) is 0 Å². The Balaban J connectivity index is 0.00000135. The van der Waals surface area contributed by atoms with Crippen LogP contribution in [0.5, 0.6) is 5.75 Å². The number of hydrogen-bond acceptors (Lipinski definition) is 8. The summed E-state index contributed by atoms with van der Waals surface area (Å²) < 4.78 is 13.8. The van der Waals surface area contributed by atoms with Crippen LogP contribution in [-0.4, -0.2) is 103 Å². The third-order valence-electron chi connectivity index (χ3n) is 7.37. The fraction of sp³-hybridized carbons (Fsp3) is 0.517. The van der Waals surface area contributed by atoms with Crippen LogP contribution in [-0.2, 0) is 32.1 Å². The van der Waals surface area contributed by atoms with Gasteiger partial charge in [0.1, 0.15) is 30.1 Å². The number of imidazole rings is 1. The van der Waals surface area contributed by atoms with Crippen LogP contribution in [0.3, 0.4) is 0 Å². The molecule has 232 valence electrons. The lowest BCUT2D eigenvalue weighted by molar-refractivity contribution is -0.141. The van der Waals surface area contributed by atoms with Gasteiger partial charge in [-0.3, -0.25) is 19.4 Å². The monoisotopic (exact) mass is 597 g/mol. The molecule has 0 spiro atoms. The SMILES string of the molecule is O=C(CCc1n[nH]c(=O)[nH]1)N1CCCCN(C(=O)[C@H]2CCCO2)CCOc2cccc(c2)-c2nccn2CCC1.O=CO. The molecule has 2 amide bonds. The first-order chi connectivity index (χ1) is 21.0. The summed E-state index contributed by atoms with van der Waals surface area (Å²) in [5.41, 5.74) is 0.567. The number of carbonyl (C=O) groups excluding carboxylic acids is 2. The van der Waals surface area contributed by atoms with Crippen molar-refractivity contribution < 1.29 is 29.0 Å². The number of nitrogens with zero attached hydrogens (tertiary/aromatic N) is 5. The Morgan fingerprint density at radius 1 is 1.05 bits per heavy atom. The molecule has 2 aliphatic rings. The van der Waals surface area contributed by atoms with Crippen molar-refractivity contribution in [2.45, 2.75) is 57.6 Å². The maximum absolute atomic E-state index is 13.2. The Morgan fingerprint density at radius 3 is 2.58 bits per heavy atom.